The van der Waals surface area contributed by atoms with Crippen LogP contribution in [0.5, 0.6) is 0 Å². The smallest absolute Gasteiger partial charge is 0.328 e. The van der Waals surface area contributed by atoms with E-state index in [0.717, 1.165) is 24.3 Å². The molecule has 18 heavy (non-hydrogen) atoms. The van der Waals surface area contributed by atoms with E-state index in [4.69, 9.17) is 4.74 Å². The van der Waals surface area contributed by atoms with Gasteiger partial charge >= 0.3 is 5.97 Å². The lowest BCUT2D eigenvalue weighted by Gasteiger charge is -2.23. The molecule has 1 atom stereocenters. The summed E-state index contributed by atoms with van der Waals surface area (Å²) in [4.78, 5) is 23.5. The topological polar surface area (TPSA) is 55.4 Å². The maximum Gasteiger partial charge on any atom is 0.328 e. The van der Waals surface area contributed by atoms with E-state index in [9.17, 15) is 9.59 Å². The second-order valence-electron chi connectivity index (χ2n) is 5.07. The van der Waals surface area contributed by atoms with E-state index >= 15 is 0 Å². The monoisotopic (exact) mass is 273 g/mol. The molecule has 4 nitrogen and oxygen atoms in total. The highest BCUT2D eigenvalue weighted by molar-refractivity contribution is 7.99. The van der Waals surface area contributed by atoms with Crippen molar-refractivity contribution < 1.29 is 14.3 Å². The van der Waals surface area contributed by atoms with E-state index in [-0.39, 0.29) is 17.8 Å². The zero-order valence-corrected chi connectivity index (χ0v) is 12.2. The van der Waals surface area contributed by atoms with E-state index in [1.807, 2.05) is 25.6 Å². The average molecular weight is 273 g/mol. The molecule has 1 rings (SSSR count). The van der Waals surface area contributed by atoms with Crippen LogP contribution in [0.2, 0.25) is 0 Å². The normalized spacial score (nSPS) is 18.4. The Labute approximate surface area is 113 Å². The standard InChI is InChI=1S/C13H23NO3S/c1-9(2)12(13(16)17-3)14-11(15)8-10-4-6-18-7-5-10/h9-10,12H,4-8H2,1-3H3,(H,14,15). The quantitative estimate of drug-likeness (QED) is 0.777. The van der Waals surface area contributed by atoms with Crippen molar-refractivity contribution in [3.8, 4) is 0 Å². The minimum absolute atomic E-state index is 0.0315. The maximum absolute atomic E-state index is 11.9. The van der Waals surface area contributed by atoms with Crippen LogP contribution in [0.3, 0.4) is 0 Å². The molecule has 1 aliphatic rings. The molecule has 0 radical (unpaired) electrons. The van der Waals surface area contributed by atoms with E-state index in [1.165, 1.54) is 7.11 Å². The number of methoxy groups -OCH3 is 1. The molecule has 0 aromatic rings. The van der Waals surface area contributed by atoms with Crippen LogP contribution < -0.4 is 5.32 Å². The zero-order chi connectivity index (χ0) is 13.5. The summed E-state index contributed by atoms with van der Waals surface area (Å²) in [7, 11) is 1.35. The van der Waals surface area contributed by atoms with Gasteiger partial charge in [-0.3, -0.25) is 4.79 Å². The van der Waals surface area contributed by atoms with Crippen molar-refractivity contribution in [3.05, 3.63) is 0 Å². The molecular formula is C13H23NO3S. The van der Waals surface area contributed by atoms with Gasteiger partial charge in [-0.05, 0) is 36.2 Å². The van der Waals surface area contributed by atoms with Crippen molar-refractivity contribution in [2.45, 2.75) is 39.2 Å². The van der Waals surface area contributed by atoms with Crippen LogP contribution in [-0.2, 0) is 14.3 Å². The molecule has 1 aliphatic heterocycles. The molecule has 1 unspecified atom stereocenters. The van der Waals surface area contributed by atoms with Gasteiger partial charge in [-0.15, -0.1) is 0 Å². The van der Waals surface area contributed by atoms with Crippen LogP contribution in [0.15, 0.2) is 0 Å². The molecule has 0 aromatic heterocycles. The molecule has 0 saturated carbocycles. The van der Waals surface area contributed by atoms with E-state index in [1.54, 1.807) is 0 Å². The van der Waals surface area contributed by atoms with Gasteiger partial charge in [0.05, 0.1) is 7.11 Å². The Morgan fingerprint density at radius 2 is 1.94 bits per heavy atom. The summed E-state index contributed by atoms with van der Waals surface area (Å²) in [5.74, 6) is 2.40. The van der Waals surface area contributed by atoms with Crippen LogP contribution in [-0.4, -0.2) is 36.5 Å². The predicted molar refractivity (Wildman–Crippen MR) is 73.5 cm³/mol. The maximum atomic E-state index is 11.9. The largest absolute Gasteiger partial charge is 0.467 e. The molecule has 1 amide bonds. The Morgan fingerprint density at radius 1 is 1.33 bits per heavy atom. The number of nitrogens with one attached hydrogen (secondary N) is 1. The van der Waals surface area contributed by atoms with Gasteiger partial charge in [0.15, 0.2) is 0 Å². The fourth-order valence-electron chi connectivity index (χ4n) is 2.07. The van der Waals surface area contributed by atoms with Crippen molar-refractivity contribution in [1.29, 1.82) is 0 Å². The van der Waals surface area contributed by atoms with Gasteiger partial charge < -0.3 is 10.1 Å². The van der Waals surface area contributed by atoms with Gasteiger partial charge in [-0.1, -0.05) is 13.8 Å². The predicted octanol–water partition coefficient (Wildman–Crippen LogP) is 1.83. The Morgan fingerprint density at radius 3 is 2.44 bits per heavy atom. The number of hydrogen-bond acceptors (Lipinski definition) is 4. The third-order valence-electron chi connectivity index (χ3n) is 3.25. The molecule has 0 aliphatic carbocycles. The molecule has 1 heterocycles. The van der Waals surface area contributed by atoms with E-state index in [2.05, 4.69) is 5.32 Å². The number of esters is 1. The van der Waals surface area contributed by atoms with Gasteiger partial charge in [-0.2, -0.15) is 11.8 Å². The Balaban J connectivity index is 2.42. The summed E-state index contributed by atoms with van der Waals surface area (Å²) in [6.07, 6.45) is 2.73. The van der Waals surface area contributed by atoms with Crippen LogP contribution in [0.4, 0.5) is 0 Å². The van der Waals surface area contributed by atoms with Crippen molar-refractivity contribution in [3.63, 3.8) is 0 Å². The molecule has 104 valence electrons. The Bertz CT molecular complexity index is 288. The highest BCUT2D eigenvalue weighted by atomic mass is 32.2. The zero-order valence-electron chi connectivity index (χ0n) is 11.4. The third-order valence-corrected chi connectivity index (χ3v) is 4.30. The molecule has 0 spiro atoms. The van der Waals surface area contributed by atoms with Gasteiger partial charge in [0.1, 0.15) is 6.04 Å². The summed E-state index contributed by atoms with van der Waals surface area (Å²) in [6.45, 7) is 3.80. The number of carbonyl (C=O) groups is 2. The molecule has 1 N–H and O–H groups in total. The highest BCUT2D eigenvalue weighted by Gasteiger charge is 2.26. The first-order chi connectivity index (χ1) is 8.54. The molecule has 1 saturated heterocycles. The second kappa shape index (κ2) is 7.67. The number of rotatable bonds is 5. The summed E-state index contributed by atoms with van der Waals surface area (Å²) in [5, 5.41) is 2.79. The lowest BCUT2D eigenvalue weighted by molar-refractivity contribution is -0.146. The summed E-state index contributed by atoms with van der Waals surface area (Å²) in [6, 6.07) is -0.527. The lowest BCUT2D eigenvalue weighted by atomic mass is 9.97. The fourth-order valence-corrected chi connectivity index (χ4v) is 3.27. The minimum Gasteiger partial charge on any atom is -0.467 e. The molecule has 1 fully saturated rings. The van der Waals surface area contributed by atoms with Crippen molar-refractivity contribution in [1.82, 2.24) is 5.32 Å². The second-order valence-corrected chi connectivity index (χ2v) is 6.30. The van der Waals surface area contributed by atoms with Crippen LogP contribution in [0, 0.1) is 11.8 Å². The first-order valence-corrected chi connectivity index (χ1v) is 7.65. The van der Waals surface area contributed by atoms with Crippen molar-refractivity contribution in [2.24, 2.45) is 11.8 Å². The first kappa shape index (κ1) is 15.3. The van der Waals surface area contributed by atoms with E-state index < -0.39 is 6.04 Å². The Kier molecular flexibility index (Phi) is 6.54. The van der Waals surface area contributed by atoms with E-state index in [0.29, 0.717) is 12.3 Å². The van der Waals surface area contributed by atoms with Crippen molar-refractivity contribution in [2.75, 3.05) is 18.6 Å². The van der Waals surface area contributed by atoms with Gasteiger partial charge in [0, 0.05) is 6.42 Å². The van der Waals surface area contributed by atoms with Gasteiger partial charge in [-0.25, -0.2) is 4.79 Å². The first-order valence-electron chi connectivity index (χ1n) is 6.49. The number of ether oxygens (including phenoxy) is 1. The molecule has 0 aromatic carbocycles. The number of hydrogen-bond donors (Lipinski definition) is 1. The summed E-state index contributed by atoms with van der Waals surface area (Å²) < 4.78 is 4.71. The third kappa shape index (κ3) is 4.88. The fraction of sp³-hybridized carbons (Fsp3) is 0.846. The minimum atomic E-state index is -0.527. The lowest BCUT2D eigenvalue weighted by Crippen LogP contribution is -2.45. The number of amides is 1. The average Bonchev–Trinajstić information content (AvgIpc) is 2.36. The van der Waals surface area contributed by atoms with Crippen LogP contribution >= 0.6 is 11.8 Å². The van der Waals surface area contributed by atoms with Gasteiger partial charge in [0.25, 0.3) is 0 Å². The summed E-state index contributed by atoms with van der Waals surface area (Å²) >= 11 is 1.95. The Hall–Kier alpha value is -0.710. The van der Waals surface area contributed by atoms with Crippen LogP contribution in [0.1, 0.15) is 33.1 Å². The number of carbonyl (C=O) groups excluding carboxylic acids is 2. The van der Waals surface area contributed by atoms with Gasteiger partial charge in [0.2, 0.25) is 5.91 Å². The molecular weight excluding hydrogens is 250 g/mol. The number of thioether (sulfide) groups is 1. The van der Waals surface area contributed by atoms with Crippen LogP contribution in [0.25, 0.3) is 0 Å². The molecule has 5 heteroatoms. The van der Waals surface area contributed by atoms with Crippen molar-refractivity contribution >= 4 is 23.6 Å². The molecule has 0 bridgehead atoms. The highest BCUT2D eigenvalue weighted by Crippen LogP contribution is 2.25. The summed E-state index contributed by atoms with van der Waals surface area (Å²) in [5.41, 5.74) is 0. The SMILES string of the molecule is COC(=O)C(NC(=O)CC1CCSCC1)C(C)C.